The van der Waals surface area contributed by atoms with E-state index in [2.05, 4.69) is 5.32 Å². The smallest absolute Gasteiger partial charge is 0.129 e. The highest BCUT2D eigenvalue weighted by Crippen LogP contribution is 2.15. The van der Waals surface area contributed by atoms with Gasteiger partial charge in [-0.25, -0.2) is 4.39 Å². The largest absolute Gasteiger partial charge is 0.309 e. The van der Waals surface area contributed by atoms with E-state index in [1.807, 2.05) is 36.4 Å². The van der Waals surface area contributed by atoms with Crippen LogP contribution in [0.3, 0.4) is 0 Å². The molecule has 0 unspecified atom stereocenters. The second kappa shape index (κ2) is 6.18. The highest BCUT2D eigenvalue weighted by atomic mass is 35.5. The molecule has 0 aromatic heterocycles. The molecule has 3 heteroatoms. The molecule has 0 saturated heterocycles. The van der Waals surface area contributed by atoms with Gasteiger partial charge in [0.05, 0.1) is 0 Å². The number of aryl methyl sites for hydroxylation is 2. The first-order valence-corrected chi connectivity index (χ1v) is 6.65. The molecule has 0 heterocycles. The van der Waals surface area contributed by atoms with Gasteiger partial charge in [-0.15, -0.1) is 0 Å². The van der Waals surface area contributed by atoms with E-state index in [4.69, 9.17) is 11.6 Å². The van der Waals surface area contributed by atoms with Crippen LogP contribution in [0.15, 0.2) is 36.4 Å². The first-order chi connectivity index (χ1) is 9.06. The molecule has 2 aromatic rings. The first kappa shape index (κ1) is 14.0. The van der Waals surface area contributed by atoms with Crippen molar-refractivity contribution in [1.82, 2.24) is 5.32 Å². The molecule has 19 heavy (non-hydrogen) atoms. The van der Waals surface area contributed by atoms with E-state index < -0.39 is 0 Å². The Morgan fingerprint density at radius 1 is 1.00 bits per heavy atom. The average molecular weight is 278 g/mol. The predicted octanol–water partition coefficient (Wildman–Crippen LogP) is 4.39. The molecule has 0 amide bonds. The van der Waals surface area contributed by atoms with Crippen molar-refractivity contribution < 1.29 is 4.39 Å². The van der Waals surface area contributed by atoms with Crippen LogP contribution in [0, 0.1) is 19.7 Å². The van der Waals surface area contributed by atoms with Crippen LogP contribution in [-0.4, -0.2) is 0 Å². The Hall–Kier alpha value is -1.38. The van der Waals surface area contributed by atoms with Gasteiger partial charge in [-0.3, -0.25) is 0 Å². The highest BCUT2D eigenvalue weighted by Gasteiger charge is 2.04. The van der Waals surface area contributed by atoms with Gasteiger partial charge < -0.3 is 5.32 Å². The van der Waals surface area contributed by atoms with Gasteiger partial charge in [-0.05, 0) is 48.2 Å². The summed E-state index contributed by atoms with van der Waals surface area (Å²) in [5.74, 6) is -0.112. The van der Waals surface area contributed by atoms with Crippen LogP contribution in [-0.2, 0) is 13.1 Å². The molecule has 0 aliphatic heterocycles. The quantitative estimate of drug-likeness (QED) is 0.874. The summed E-state index contributed by atoms with van der Waals surface area (Å²) in [5, 5.41) is 4.08. The second-order valence-corrected chi connectivity index (χ2v) is 5.21. The topological polar surface area (TPSA) is 12.0 Å². The summed E-state index contributed by atoms with van der Waals surface area (Å²) in [5.41, 5.74) is 3.63. The van der Waals surface area contributed by atoms with Crippen LogP contribution in [0.5, 0.6) is 0 Å². The molecule has 0 aliphatic rings. The molecule has 2 rings (SSSR count). The Kier molecular flexibility index (Phi) is 4.56. The predicted molar refractivity (Wildman–Crippen MR) is 77.9 cm³/mol. The molecule has 0 fully saturated rings. The van der Waals surface area contributed by atoms with E-state index in [-0.39, 0.29) is 5.82 Å². The number of hydrogen-bond acceptors (Lipinski definition) is 1. The van der Waals surface area contributed by atoms with Crippen molar-refractivity contribution >= 4 is 11.6 Å². The average Bonchev–Trinajstić information content (AvgIpc) is 2.36. The second-order valence-electron chi connectivity index (χ2n) is 4.78. The minimum absolute atomic E-state index is 0.112. The normalized spacial score (nSPS) is 10.7. The van der Waals surface area contributed by atoms with Crippen molar-refractivity contribution in [1.29, 1.82) is 0 Å². The maximum Gasteiger partial charge on any atom is 0.129 e. The number of benzene rings is 2. The van der Waals surface area contributed by atoms with Crippen LogP contribution >= 0.6 is 11.6 Å². The van der Waals surface area contributed by atoms with Crippen molar-refractivity contribution in [2.45, 2.75) is 26.9 Å². The minimum Gasteiger partial charge on any atom is -0.309 e. The van der Waals surface area contributed by atoms with Crippen molar-refractivity contribution in [3.63, 3.8) is 0 Å². The van der Waals surface area contributed by atoms with Crippen LogP contribution in [0.4, 0.5) is 4.39 Å². The Labute approximate surface area is 118 Å². The van der Waals surface area contributed by atoms with Gasteiger partial charge in [0.15, 0.2) is 0 Å². The number of rotatable bonds is 4. The molecule has 0 radical (unpaired) electrons. The Balaban J connectivity index is 1.96. The van der Waals surface area contributed by atoms with E-state index in [0.29, 0.717) is 17.7 Å². The number of halogens is 2. The molecule has 2 aromatic carbocycles. The number of nitrogens with one attached hydrogen (secondary N) is 1. The fraction of sp³-hybridized carbons (Fsp3) is 0.250. The third kappa shape index (κ3) is 3.79. The molecule has 0 aliphatic carbocycles. The fourth-order valence-corrected chi connectivity index (χ4v) is 2.35. The molecule has 100 valence electrons. The summed E-state index contributed by atoms with van der Waals surface area (Å²) in [7, 11) is 0. The van der Waals surface area contributed by atoms with Crippen molar-refractivity contribution in [3.05, 3.63) is 69.5 Å². The highest BCUT2D eigenvalue weighted by molar-refractivity contribution is 6.30. The van der Waals surface area contributed by atoms with Crippen LogP contribution in [0.2, 0.25) is 5.02 Å². The van der Waals surface area contributed by atoms with Gasteiger partial charge in [0.2, 0.25) is 0 Å². The fourth-order valence-electron chi connectivity index (χ4n) is 2.14. The molecule has 0 saturated carbocycles. The molecule has 0 atom stereocenters. The van der Waals surface area contributed by atoms with E-state index >= 15 is 0 Å². The van der Waals surface area contributed by atoms with E-state index in [1.165, 1.54) is 0 Å². The summed E-state index contributed by atoms with van der Waals surface area (Å²) in [4.78, 5) is 0. The van der Waals surface area contributed by atoms with Gasteiger partial charge in [-0.2, -0.15) is 0 Å². The molecule has 0 bridgehead atoms. The maximum absolute atomic E-state index is 13.5. The van der Waals surface area contributed by atoms with Gasteiger partial charge in [0.1, 0.15) is 5.82 Å². The van der Waals surface area contributed by atoms with Crippen LogP contribution in [0.25, 0.3) is 0 Å². The van der Waals surface area contributed by atoms with Gasteiger partial charge in [0, 0.05) is 18.1 Å². The third-order valence-corrected chi connectivity index (χ3v) is 3.28. The van der Waals surface area contributed by atoms with E-state index in [9.17, 15) is 4.39 Å². The lowest BCUT2D eigenvalue weighted by Crippen LogP contribution is -2.13. The Morgan fingerprint density at radius 3 is 2.26 bits per heavy atom. The zero-order valence-electron chi connectivity index (χ0n) is 11.1. The zero-order valence-corrected chi connectivity index (χ0v) is 11.9. The summed E-state index contributed by atoms with van der Waals surface area (Å²) in [6, 6.07) is 11.5. The first-order valence-electron chi connectivity index (χ1n) is 6.27. The molecule has 1 N–H and O–H groups in total. The summed E-state index contributed by atoms with van der Waals surface area (Å²) < 4.78 is 13.5. The van der Waals surface area contributed by atoms with E-state index in [1.54, 1.807) is 13.8 Å². The maximum atomic E-state index is 13.5. The monoisotopic (exact) mass is 277 g/mol. The molecule has 0 spiro atoms. The summed E-state index contributed by atoms with van der Waals surface area (Å²) in [6.07, 6.45) is 0. The molecule has 1 nitrogen and oxygen atoms in total. The SMILES string of the molecule is Cc1cc(CNCc2cccc(Cl)c2)cc(C)c1F. The summed E-state index contributed by atoms with van der Waals surface area (Å²) >= 11 is 5.93. The lowest BCUT2D eigenvalue weighted by molar-refractivity contribution is 0.606. The van der Waals surface area contributed by atoms with Crippen molar-refractivity contribution in [2.24, 2.45) is 0 Å². The minimum atomic E-state index is -0.112. The Bertz CT molecular complexity index is 558. The number of hydrogen-bond donors (Lipinski definition) is 1. The summed E-state index contributed by atoms with van der Waals surface area (Å²) in [6.45, 7) is 5.05. The standard InChI is InChI=1S/C16H17ClFN/c1-11-6-14(7-12(2)16(11)18)10-19-9-13-4-3-5-15(17)8-13/h3-8,19H,9-10H2,1-2H3. The van der Waals surface area contributed by atoms with Crippen LogP contribution < -0.4 is 5.32 Å². The lowest BCUT2D eigenvalue weighted by atomic mass is 10.1. The van der Waals surface area contributed by atoms with Gasteiger partial charge in [0.25, 0.3) is 0 Å². The van der Waals surface area contributed by atoms with Gasteiger partial charge >= 0.3 is 0 Å². The lowest BCUT2D eigenvalue weighted by Gasteiger charge is -2.09. The Morgan fingerprint density at radius 2 is 1.63 bits per heavy atom. The van der Waals surface area contributed by atoms with E-state index in [0.717, 1.165) is 22.7 Å². The van der Waals surface area contributed by atoms with Crippen molar-refractivity contribution in [3.8, 4) is 0 Å². The van der Waals surface area contributed by atoms with Gasteiger partial charge in [-0.1, -0.05) is 35.9 Å². The zero-order chi connectivity index (χ0) is 13.8. The third-order valence-electron chi connectivity index (χ3n) is 3.04. The molecular weight excluding hydrogens is 261 g/mol. The van der Waals surface area contributed by atoms with Crippen molar-refractivity contribution in [2.75, 3.05) is 0 Å². The molecular formula is C16H17ClFN. The van der Waals surface area contributed by atoms with Crippen LogP contribution in [0.1, 0.15) is 22.3 Å².